The Labute approximate surface area is 84.0 Å². The summed E-state index contributed by atoms with van der Waals surface area (Å²) in [6, 6.07) is 0.0632. The Morgan fingerprint density at radius 2 is 2.64 bits per heavy atom. The molecule has 0 saturated carbocycles. The number of hydrogen-bond acceptors (Lipinski definition) is 3. The van der Waals surface area contributed by atoms with E-state index in [1.165, 1.54) is 6.42 Å². The highest BCUT2D eigenvalue weighted by Crippen LogP contribution is 2.14. The molecule has 0 amide bonds. The van der Waals surface area contributed by atoms with E-state index < -0.39 is 0 Å². The Morgan fingerprint density at radius 1 is 1.79 bits per heavy atom. The highest BCUT2D eigenvalue weighted by atomic mass is 16.5. The van der Waals surface area contributed by atoms with Crippen molar-refractivity contribution in [2.45, 2.75) is 38.5 Å². The molecule has 1 unspecified atom stereocenters. The van der Waals surface area contributed by atoms with Gasteiger partial charge < -0.3 is 10.5 Å². The van der Waals surface area contributed by atoms with Crippen LogP contribution in [-0.2, 0) is 11.3 Å². The van der Waals surface area contributed by atoms with Crippen molar-refractivity contribution in [3.05, 3.63) is 18.0 Å². The molecule has 1 aliphatic rings. The van der Waals surface area contributed by atoms with E-state index in [1.807, 2.05) is 24.0 Å². The zero-order valence-electron chi connectivity index (χ0n) is 8.52. The fourth-order valence-electron chi connectivity index (χ4n) is 1.71. The van der Waals surface area contributed by atoms with Gasteiger partial charge in [-0.3, -0.25) is 4.68 Å². The highest BCUT2D eigenvalue weighted by molar-refractivity contribution is 5.08. The molecule has 2 rings (SSSR count). The Balaban J connectivity index is 1.95. The van der Waals surface area contributed by atoms with Crippen LogP contribution < -0.4 is 5.73 Å². The maximum Gasteiger partial charge on any atom is 0.0771 e. The van der Waals surface area contributed by atoms with E-state index in [1.54, 1.807) is 0 Å². The molecule has 1 aromatic heterocycles. The molecule has 1 saturated heterocycles. The Hall–Kier alpha value is -0.870. The summed E-state index contributed by atoms with van der Waals surface area (Å²) in [6.07, 6.45) is 6.50. The molecule has 14 heavy (non-hydrogen) atoms. The number of rotatable bonds is 3. The molecule has 0 aliphatic carbocycles. The van der Waals surface area contributed by atoms with E-state index in [-0.39, 0.29) is 6.04 Å². The molecular weight excluding hydrogens is 178 g/mol. The smallest absolute Gasteiger partial charge is 0.0771 e. The summed E-state index contributed by atoms with van der Waals surface area (Å²) in [4.78, 5) is 0. The fourth-order valence-corrected chi connectivity index (χ4v) is 1.71. The molecule has 1 fully saturated rings. The normalized spacial score (nSPS) is 24.0. The topological polar surface area (TPSA) is 53.1 Å². The molecule has 1 aromatic rings. The third-order valence-corrected chi connectivity index (χ3v) is 2.59. The number of nitrogens with two attached hydrogens (primary N) is 1. The molecule has 2 atom stereocenters. The van der Waals surface area contributed by atoms with Crippen LogP contribution in [0.2, 0.25) is 0 Å². The minimum atomic E-state index is 0.0632. The average Bonchev–Trinajstić information content (AvgIpc) is 2.75. The second kappa shape index (κ2) is 4.11. The van der Waals surface area contributed by atoms with Gasteiger partial charge in [-0.2, -0.15) is 5.10 Å². The van der Waals surface area contributed by atoms with Gasteiger partial charge in [-0.15, -0.1) is 0 Å². The summed E-state index contributed by atoms with van der Waals surface area (Å²) in [5, 5.41) is 4.26. The maximum atomic E-state index is 5.75. The van der Waals surface area contributed by atoms with E-state index >= 15 is 0 Å². The lowest BCUT2D eigenvalue weighted by atomic mass is 10.2. The first kappa shape index (κ1) is 9.68. The van der Waals surface area contributed by atoms with Gasteiger partial charge in [-0.1, -0.05) is 0 Å². The predicted molar refractivity (Wildman–Crippen MR) is 53.8 cm³/mol. The zero-order valence-corrected chi connectivity index (χ0v) is 8.52. The van der Waals surface area contributed by atoms with Gasteiger partial charge in [0.1, 0.15) is 0 Å². The lowest BCUT2D eigenvalue weighted by Crippen LogP contribution is -2.15. The van der Waals surface area contributed by atoms with Crippen LogP contribution in [0.15, 0.2) is 12.4 Å². The minimum Gasteiger partial charge on any atom is -0.376 e. The Bertz CT molecular complexity index is 289. The molecule has 4 nitrogen and oxygen atoms in total. The van der Waals surface area contributed by atoms with Gasteiger partial charge in [-0.05, 0) is 19.8 Å². The molecule has 0 aromatic carbocycles. The molecule has 1 aliphatic heterocycles. The second-order valence-corrected chi connectivity index (χ2v) is 3.92. The van der Waals surface area contributed by atoms with Gasteiger partial charge >= 0.3 is 0 Å². The van der Waals surface area contributed by atoms with E-state index in [2.05, 4.69) is 5.10 Å². The third kappa shape index (κ3) is 2.13. The second-order valence-electron chi connectivity index (χ2n) is 3.92. The molecular formula is C10H17N3O. The van der Waals surface area contributed by atoms with Crippen molar-refractivity contribution < 1.29 is 4.74 Å². The summed E-state index contributed by atoms with van der Waals surface area (Å²) < 4.78 is 7.46. The molecule has 2 heterocycles. The summed E-state index contributed by atoms with van der Waals surface area (Å²) in [6.45, 7) is 3.71. The summed E-state index contributed by atoms with van der Waals surface area (Å²) >= 11 is 0. The van der Waals surface area contributed by atoms with Crippen LogP contribution in [0.5, 0.6) is 0 Å². The van der Waals surface area contributed by atoms with Crippen molar-refractivity contribution in [1.29, 1.82) is 0 Å². The van der Waals surface area contributed by atoms with E-state index in [0.717, 1.165) is 25.1 Å². The standard InChI is InChI=1S/C10H17N3O/c1-8(11)9-5-12-13(6-9)7-10-3-2-4-14-10/h5-6,8,10H,2-4,7,11H2,1H3/t8-,10?/m1/s1. The number of hydrogen-bond donors (Lipinski definition) is 1. The Morgan fingerprint density at radius 3 is 3.21 bits per heavy atom. The number of ether oxygens (including phenoxy) is 1. The minimum absolute atomic E-state index is 0.0632. The van der Waals surface area contributed by atoms with Gasteiger partial charge in [0.05, 0.1) is 18.8 Å². The average molecular weight is 195 g/mol. The lowest BCUT2D eigenvalue weighted by molar-refractivity contribution is 0.0940. The van der Waals surface area contributed by atoms with E-state index in [0.29, 0.717) is 6.10 Å². The lowest BCUT2D eigenvalue weighted by Gasteiger charge is -2.08. The van der Waals surface area contributed by atoms with Crippen LogP contribution in [0.3, 0.4) is 0 Å². The molecule has 4 heteroatoms. The van der Waals surface area contributed by atoms with Crippen LogP contribution >= 0.6 is 0 Å². The third-order valence-electron chi connectivity index (χ3n) is 2.59. The van der Waals surface area contributed by atoms with Crippen LogP contribution in [0.1, 0.15) is 31.4 Å². The van der Waals surface area contributed by atoms with Gasteiger partial charge in [0.25, 0.3) is 0 Å². The number of nitrogens with zero attached hydrogens (tertiary/aromatic N) is 2. The monoisotopic (exact) mass is 195 g/mol. The van der Waals surface area contributed by atoms with Gasteiger partial charge in [-0.25, -0.2) is 0 Å². The zero-order chi connectivity index (χ0) is 9.97. The first-order valence-electron chi connectivity index (χ1n) is 5.15. The Kier molecular flexibility index (Phi) is 2.84. The number of aromatic nitrogens is 2. The fraction of sp³-hybridized carbons (Fsp3) is 0.700. The van der Waals surface area contributed by atoms with Crippen molar-refractivity contribution in [2.24, 2.45) is 5.73 Å². The summed E-state index contributed by atoms with van der Waals surface area (Å²) in [5.41, 5.74) is 6.84. The largest absolute Gasteiger partial charge is 0.376 e. The van der Waals surface area contributed by atoms with Crippen LogP contribution in [0.25, 0.3) is 0 Å². The predicted octanol–water partition coefficient (Wildman–Crippen LogP) is 1.08. The first-order valence-corrected chi connectivity index (χ1v) is 5.15. The van der Waals surface area contributed by atoms with Gasteiger partial charge in [0, 0.05) is 24.4 Å². The van der Waals surface area contributed by atoms with Crippen molar-refractivity contribution in [1.82, 2.24) is 9.78 Å². The molecule has 0 spiro atoms. The van der Waals surface area contributed by atoms with E-state index in [9.17, 15) is 0 Å². The highest BCUT2D eigenvalue weighted by Gasteiger charge is 2.16. The first-order chi connectivity index (χ1) is 6.75. The molecule has 2 N–H and O–H groups in total. The summed E-state index contributed by atoms with van der Waals surface area (Å²) in [7, 11) is 0. The van der Waals surface area contributed by atoms with Crippen LogP contribution in [0, 0.1) is 0 Å². The summed E-state index contributed by atoms with van der Waals surface area (Å²) in [5.74, 6) is 0. The molecule has 78 valence electrons. The van der Waals surface area contributed by atoms with Gasteiger partial charge in [0.15, 0.2) is 0 Å². The van der Waals surface area contributed by atoms with Crippen molar-refractivity contribution in [3.8, 4) is 0 Å². The van der Waals surface area contributed by atoms with E-state index in [4.69, 9.17) is 10.5 Å². The molecule has 0 radical (unpaired) electrons. The van der Waals surface area contributed by atoms with Crippen molar-refractivity contribution in [3.63, 3.8) is 0 Å². The SMILES string of the molecule is C[C@@H](N)c1cnn(CC2CCCO2)c1. The van der Waals surface area contributed by atoms with Crippen molar-refractivity contribution in [2.75, 3.05) is 6.61 Å². The van der Waals surface area contributed by atoms with Gasteiger partial charge in [0.2, 0.25) is 0 Å². The quantitative estimate of drug-likeness (QED) is 0.785. The van der Waals surface area contributed by atoms with Crippen LogP contribution in [-0.4, -0.2) is 22.5 Å². The van der Waals surface area contributed by atoms with Crippen LogP contribution in [0.4, 0.5) is 0 Å². The molecule has 0 bridgehead atoms. The maximum absolute atomic E-state index is 5.75. The van der Waals surface area contributed by atoms with Crippen molar-refractivity contribution >= 4 is 0 Å².